The van der Waals surface area contributed by atoms with E-state index >= 15 is 0 Å². The van der Waals surface area contributed by atoms with Crippen molar-refractivity contribution in [1.29, 1.82) is 0 Å². The van der Waals surface area contributed by atoms with Gasteiger partial charge in [0.15, 0.2) is 0 Å². The quantitative estimate of drug-likeness (QED) is 0.687. The molecule has 2 heteroatoms. The van der Waals surface area contributed by atoms with Crippen molar-refractivity contribution in [2.45, 2.75) is 10.8 Å². The van der Waals surface area contributed by atoms with Crippen molar-refractivity contribution in [1.82, 2.24) is 0 Å². The third-order valence-corrected chi connectivity index (χ3v) is 3.34. The molecule has 0 amide bonds. The van der Waals surface area contributed by atoms with Crippen LogP contribution in [0, 0.1) is 0 Å². The van der Waals surface area contributed by atoms with Crippen molar-refractivity contribution in [3.05, 3.63) is 29.8 Å². The molecule has 0 spiro atoms. The van der Waals surface area contributed by atoms with E-state index in [0.717, 1.165) is 12.3 Å². The topological polar surface area (TPSA) is 26.0 Å². The van der Waals surface area contributed by atoms with Crippen molar-refractivity contribution >= 4 is 11.8 Å². The predicted molar refractivity (Wildman–Crippen MR) is 49.0 cm³/mol. The largest absolute Gasteiger partial charge is 0.330 e. The van der Waals surface area contributed by atoms with E-state index in [1.807, 2.05) is 11.8 Å². The minimum absolute atomic E-state index is 0.594. The van der Waals surface area contributed by atoms with E-state index in [1.165, 1.54) is 10.5 Å². The molecule has 1 aliphatic rings. The maximum atomic E-state index is 5.64. The summed E-state index contributed by atoms with van der Waals surface area (Å²) in [6.07, 6.45) is 0. The van der Waals surface area contributed by atoms with E-state index in [1.54, 1.807) is 0 Å². The summed E-state index contributed by atoms with van der Waals surface area (Å²) in [5.74, 6) is 1.76. The van der Waals surface area contributed by atoms with Gasteiger partial charge in [0, 0.05) is 23.1 Å². The molecule has 1 atom stereocenters. The van der Waals surface area contributed by atoms with Gasteiger partial charge in [0.05, 0.1) is 0 Å². The van der Waals surface area contributed by atoms with E-state index in [9.17, 15) is 0 Å². The van der Waals surface area contributed by atoms with Crippen molar-refractivity contribution in [2.24, 2.45) is 5.73 Å². The molecule has 1 aromatic carbocycles. The minimum Gasteiger partial charge on any atom is -0.330 e. The van der Waals surface area contributed by atoms with Gasteiger partial charge in [0.25, 0.3) is 0 Å². The maximum Gasteiger partial charge on any atom is 0.0108 e. The van der Waals surface area contributed by atoms with Crippen molar-refractivity contribution in [3.63, 3.8) is 0 Å². The summed E-state index contributed by atoms with van der Waals surface area (Å²) < 4.78 is 0. The molecule has 1 unspecified atom stereocenters. The molecule has 2 rings (SSSR count). The molecule has 0 radical (unpaired) electrons. The monoisotopic (exact) mass is 165 g/mol. The fourth-order valence-corrected chi connectivity index (χ4v) is 2.70. The van der Waals surface area contributed by atoms with Gasteiger partial charge < -0.3 is 5.73 Å². The predicted octanol–water partition coefficient (Wildman–Crippen LogP) is 1.83. The molecule has 58 valence electrons. The van der Waals surface area contributed by atoms with E-state index in [2.05, 4.69) is 24.3 Å². The smallest absolute Gasteiger partial charge is 0.0108 e. The number of fused-ring (bicyclic) bond motifs is 1. The van der Waals surface area contributed by atoms with Crippen LogP contribution >= 0.6 is 11.8 Å². The number of nitrogens with two attached hydrogens (primary N) is 1. The SMILES string of the molecule is NCC1CSc2ccccc21. The normalized spacial score (nSPS) is 21.7. The summed E-state index contributed by atoms with van der Waals surface area (Å²) in [7, 11) is 0. The number of hydrogen-bond acceptors (Lipinski definition) is 2. The second-order valence-corrected chi connectivity index (χ2v) is 3.84. The highest BCUT2D eigenvalue weighted by atomic mass is 32.2. The van der Waals surface area contributed by atoms with E-state index in [-0.39, 0.29) is 0 Å². The molecule has 2 N–H and O–H groups in total. The van der Waals surface area contributed by atoms with Gasteiger partial charge in [-0.15, -0.1) is 11.8 Å². The lowest BCUT2D eigenvalue weighted by molar-refractivity contribution is 0.787. The van der Waals surface area contributed by atoms with E-state index in [0.29, 0.717) is 5.92 Å². The van der Waals surface area contributed by atoms with Crippen LogP contribution in [0.1, 0.15) is 11.5 Å². The van der Waals surface area contributed by atoms with Crippen LogP contribution in [0.3, 0.4) is 0 Å². The first-order valence-electron chi connectivity index (χ1n) is 3.83. The molecule has 1 aliphatic heterocycles. The number of benzene rings is 1. The lowest BCUT2D eigenvalue weighted by Gasteiger charge is -2.04. The minimum atomic E-state index is 0.594. The van der Waals surface area contributed by atoms with Gasteiger partial charge in [-0.3, -0.25) is 0 Å². The van der Waals surface area contributed by atoms with Gasteiger partial charge in [0.2, 0.25) is 0 Å². The average Bonchev–Trinajstić information content (AvgIpc) is 2.47. The fourth-order valence-electron chi connectivity index (χ4n) is 1.42. The summed E-state index contributed by atoms with van der Waals surface area (Å²) in [5.41, 5.74) is 7.08. The zero-order valence-corrected chi connectivity index (χ0v) is 7.10. The number of hydrogen-bond donors (Lipinski definition) is 1. The maximum absolute atomic E-state index is 5.64. The van der Waals surface area contributed by atoms with Gasteiger partial charge >= 0.3 is 0 Å². The zero-order chi connectivity index (χ0) is 7.68. The van der Waals surface area contributed by atoms with E-state index in [4.69, 9.17) is 5.73 Å². The van der Waals surface area contributed by atoms with Crippen LogP contribution < -0.4 is 5.73 Å². The second kappa shape index (κ2) is 2.88. The third-order valence-electron chi connectivity index (χ3n) is 2.08. The molecule has 0 fully saturated rings. The second-order valence-electron chi connectivity index (χ2n) is 2.78. The van der Waals surface area contributed by atoms with Crippen LogP contribution in [0.2, 0.25) is 0 Å². The summed E-state index contributed by atoms with van der Waals surface area (Å²) in [4.78, 5) is 1.42. The molecular formula is C9H11NS. The molecule has 0 saturated heterocycles. The first-order chi connectivity index (χ1) is 5.42. The highest BCUT2D eigenvalue weighted by Gasteiger charge is 2.20. The van der Waals surface area contributed by atoms with E-state index < -0.39 is 0 Å². The first-order valence-corrected chi connectivity index (χ1v) is 4.82. The molecule has 1 heterocycles. The molecule has 1 nitrogen and oxygen atoms in total. The van der Waals surface area contributed by atoms with Crippen molar-refractivity contribution in [3.8, 4) is 0 Å². The third kappa shape index (κ3) is 1.17. The molecule has 0 aromatic heterocycles. The van der Waals surface area contributed by atoms with Crippen LogP contribution in [-0.2, 0) is 0 Å². The Balaban J connectivity index is 2.39. The van der Waals surface area contributed by atoms with Gasteiger partial charge in [0.1, 0.15) is 0 Å². The molecule has 0 aliphatic carbocycles. The van der Waals surface area contributed by atoms with Gasteiger partial charge in [-0.2, -0.15) is 0 Å². The summed E-state index contributed by atoms with van der Waals surface area (Å²) in [5, 5.41) is 0. The van der Waals surface area contributed by atoms with Crippen LogP contribution in [0.25, 0.3) is 0 Å². The molecule has 1 aromatic rings. The van der Waals surface area contributed by atoms with Gasteiger partial charge in [-0.25, -0.2) is 0 Å². The lowest BCUT2D eigenvalue weighted by atomic mass is 10.0. The molecule has 11 heavy (non-hydrogen) atoms. The Hall–Kier alpha value is -0.470. The Bertz CT molecular complexity index is 259. The Morgan fingerprint density at radius 2 is 2.27 bits per heavy atom. The number of thioether (sulfide) groups is 1. The van der Waals surface area contributed by atoms with Crippen LogP contribution in [0.5, 0.6) is 0 Å². The summed E-state index contributed by atoms with van der Waals surface area (Å²) in [6, 6.07) is 8.54. The van der Waals surface area contributed by atoms with Gasteiger partial charge in [-0.05, 0) is 11.6 Å². The van der Waals surface area contributed by atoms with Crippen LogP contribution in [0.4, 0.5) is 0 Å². The first kappa shape index (κ1) is 7.19. The summed E-state index contributed by atoms with van der Waals surface area (Å²) >= 11 is 1.92. The Kier molecular flexibility index (Phi) is 1.88. The molecular weight excluding hydrogens is 154 g/mol. The van der Waals surface area contributed by atoms with Crippen molar-refractivity contribution < 1.29 is 0 Å². The van der Waals surface area contributed by atoms with Gasteiger partial charge in [-0.1, -0.05) is 18.2 Å². The number of rotatable bonds is 1. The Morgan fingerprint density at radius 3 is 3.09 bits per heavy atom. The Morgan fingerprint density at radius 1 is 1.45 bits per heavy atom. The standard InChI is InChI=1S/C9H11NS/c10-5-7-6-11-9-4-2-1-3-8(7)9/h1-4,7H,5-6,10H2. The lowest BCUT2D eigenvalue weighted by Crippen LogP contribution is -2.11. The molecule has 0 bridgehead atoms. The average molecular weight is 165 g/mol. The van der Waals surface area contributed by atoms with Crippen molar-refractivity contribution in [2.75, 3.05) is 12.3 Å². The Labute approximate surface area is 71.0 Å². The highest BCUT2D eigenvalue weighted by molar-refractivity contribution is 7.99. The summed E-state index contributed by atoms with van der Waals surface area (Å²) in [6.45, 7) is 0.782. The van der Waals surface area contributed by atoms with Crippen LogP contribution in [-0.4, -0.2) is 12.3 Å². The zero-order valence-electron chi connectivity index (χ0n) is 6.29. The van der Waals surface area contributed by atoms with Crippen LogP contribution in [0.15, 0.2) is 29.2 Å². The fraction of sp³-hybridized carbons (Fsp3) is 0.333. The molecule has 0 saturated carbocycles. The highest BCUT2D eigenvalue weighted by Crippen LogP contribution is 2.38.